The molecule has 0 aromatic rings. The molecule has 2 heteroatoms. The van der Waals surface area contributed by atoms with E-state index < -0.39 is 0 Å². The van der Waals surface area contributed by atoms with Crippen molar-refractivity contribution in [1.82, 2.24) is 4.81 Å². The molecule has 1 aliphatic rings. The average molecular weight is 1050 g/mol. The van der Waals surface area contributed by atoms with E-state index in [1.807, 2.05) is 0 Å². The van der Waals surface area contributed by atoms with Crippen LogP contribution < -0.4 is 0 Å². The molecule has 0 saturated carbocycles. The molecule has 1 rings (SSSR count). The van der Waals surface area contributed by atoms with Crippen LogP contribution in [0.15, 0.2) is 23.8 Å². The standard InChI is InChI=1S/C73H144BN/c1-4-7-10-13-16-19-22-25-28-31-34-37-40-43-46-49-52-55-58-61-64-68-73-69-67-71-74(70-65-62-59-56-53-50-47-44-41-38-35-32-29-26-23-20-17-14-11-8-5-2)75(73)72-66-63-60-57-54-51-48-45-42-39-36-33-30-27-24-21-18-15-12-9-6-3/h67,69,71H,4-66,68,70,72H2,1-3H3. The maximum Gasteiger partial charge on any atom is 0.280 e. The summed E-state index contributed by atoms with van der Waals surface area (Å²) in [6.07, 6.45) is 99.9. The Hall–Kier alpha value is -0.655. The first-order chi connectivity index (χ1) is 37.3. The zero-order valence-corrected chi connectivity index (χ0v) is 52.9. The number of allylic oxidation sites excluding steroid dienone is 3. The van der Waals surface area contributed by atoms with Crippen LogP contribution in [-0.4, -0.2) is 18.2 Å². The van der Waals surface area contributed by atoms with Gasteiger partial charge < -0.3 is 4.81 Å². The third-order valence-electron chi connectivity index (χ3n) is 18.0. The molecule has 1 aliphatic heterocycles. The molecule has 0 unspecified atom stereocenters. The number of rotatable bonds is 66. The van der Waals surface area contributed by atoms with Crippen molar-refractivity contribution >= 4 is 6.85 Å². The summed E-state index contributed by atoms with van der Waals surface area (Å²) in [5, 5.41) is 0. The van der Waals surface area contributed by atoms with E-state index in [2.05, 4.69) is 43.7 Å². The van der Waals surface area contributed by atoms with Crippen molar-refractivity contribution < 1.29 is 0 Å². The van der Waals surface area contributed by atoms with Gasteiger partial charge in [-0.15, -0.1) is 0 Å². The lowest BCUT2D eigenvalue weighted by molar-refractivity contribution is 0.453. The van der Waals surface area contributed by atoms with Crippen molar-refractivity contribution in [2.45, 2.75) is 438 Å². The second kappa shape index (κ2) is 64.2. The maximum atomic E-state index is 2.91. The molecule has 0 aliphatic carbocycles. The molecule has 0 amide bonds. The van der Waals surface area contributed by atoms with Gasteiger partial charge in [-0.25, -0.2) is 0 Å². The Morgan fingerprint density at radius 2 is 0.440 bits per heavy atom. The lowest BCUT2D eigenvalue weighted by atomic mass is 9.54. The summed E-state index contributed by atoms with van der Waals surface area (Å²) in [6.45, 7) is 8.90. The molecular formula is C73H144BN. The maximum absolute atomic E-state index is 2.91. The Balaban J connectivity index is 2.21. The van der Waals surface area contributed by atoms with Gasteiger partial charge in [0, 0.05) is 12.2 Å². The van der Waals surface area contributed by atoms with Crippen LogP contribution in [0.3, 0.4) is 0 Å². The number of hydrogen-bond acceptors (Lipinski definition) is 1. The highest BCUT2D eigenvalue weighted by Gasteiger charge is 2.24. The van der Waals surface area contributed by atoms with Gasteiger partial charge in [-0.05, 0) is 31.7 Å². The fraction of sp³-hybridized carbons (Fsp3) is 0.945. The van der Waals surface area contributed by atoms with E-state index in [-0.39, 0.29) is 0 Å². The Bertz CT molecular complexity index is 1090. The SMILES string of the molecule is CCCCCCCCCCCCCCCCCCCCCCCB1C=CC=C(CCCCCCCCCCCCCCCCCCCCCCC)N1CCCCCCCCCCCCCCCCCCCCCCC. The highest BCUT2D eigenvalue weighted by molar-refractivity contribution is 6.62. The van der Waals surface area contributed by atoms with Crippen molar-refractivity contribution in [1.29, 1.82) is 0 Å². The van der Waals surface area contributed by atoms with Crippen LogP contribution in [0.2, 0.25) is 6.32 Å². The predicted octanol–water partition coefficient (Wildman–Crippen LogP) is 27.3. The molecule has 0 saturated heterocycles. The molecule has 1 nitrogen and oxygen atoms in total. The Morgan fingerprint density at radius 3 is 0.680 bits per heavy atom. The van der Waals surface area contributed by atoms with Gasteiger partial charge in [0.25, 0.3) is 6.85 Å². The van der Waals surface area contributed by atoms with E-state index in [0.717, 1.165) is 0 Å². The molecule has 444 valence electrons. The molecule has 0 N–H and O–H groups in total. The smallest absolute Gasteiger partial charge is 0.280 e. The monoisotopic (exact) mass is 1050 g/mol. The zero-order valence-electron chi connectivity index (χ0n) is 52.9. The van der Waals surface area contributed by atoms with E-state index in [1.54, 1.807) is 5.70 Å². The molecule has 75 heavy (non-hydrogen) atoms. The predicted molar refractivity (Wildman–Crippen MR) is 347 cm³/mol. The minimum absolute atomic E-state index is 0.644. The van der Waals surface area contributed by atoms with Crippen LogP contribution >= 0.6 is 0 Å². The van der Waals surface area contributed by atoms with Crippen molar-refractivity contribution in [3.63, 3.8) is 0 Å². The highest BCUT2D eigenvalue weighted by Crippen LogP contribution is 2.26. The molecule has 0 bridgehead atoms. The normalized spacial score (nSPS) is 12.8. The summed E-state index contributed by atoms with van der Waals surface area (Å²) in [6, 6.07) is 0. The van der Waals surface area contributed by atoms with Crippen LogP contribution in [0.25, 0.3) is 0 Å². The zero-order chi connectivity index (χ0) is 53.5. The molecule has 0 spiro atoms. The second-order valence-corrected chi connectivity index (χ2v) is 25.6. The van der Waals surface area contributed by atoms with Crippen molar-refractivity contribution in [3.05, 3.63) is 23.8 Å². The van der Waals surface area contributed by atoms with Gasteiger partial charge in [0.15, 0.2) is 0 Å². The molecular weight excluding hydrogens is 902 g/mol. The number of unbranched alkanes of at least 4 members (excludes halogenated alkanes) is 60. The van der Waals surface area contributed by atoms with Gasteiger partial charge >= 0.3 is 0 Å². The molecule has 0 fully saturated rings. The van der Waals surface area contributed by atoms with Gasteiger partial charge in [-0.2, -0.15) is 0 Å². The first-order valence-electron chi connectivity index (χ1n) is 36.5. The molecule has 0 atom stereocenters. The lowest BCUT2D eigenvalue weighted by Gasteiger charge is -2.35. The van der Waals surface area contributed by atoms with Gasteiger partial charge in [0.1, 0.15) is 0 Å². The van der Waals surface area contributed by atoms with Gasteiger partial charge in [-0.3, -0.25) is 0 Å². The van der Waals surface area contributed by atoms with Crippen molar-refractivity contribution in [2.24, 2.45) is 0 Å². The molecule has 1 heterocycles. The highest BCUT2D eigenvalue weighted by atomic mass is 15.1. The first kappa shape index (κ1) is 72.4. The third kappa shape index (κ3) is 55.1. The Kier molecular flexibility index (Phi) is 61.9. The fourth-order valence-corrected chi connectivity index (χ4v) is 12.7. The van der Waals surface area contributed by atoms with E-state index >= 15 is 0 Å². The fourth-order valence-electron chi connectivity index (χ4n) is 12.7. The number of nitrogens with zero attached hydrogens (tertiary/aromatic N) is 1. The molecule has 0 aromatic heterocycles. The van der Waals surface area contributed by atoms with Crippen LogP contribution in [0.1, 0.15) is 432 Å². The summed E-state index contributed by atoms with van der Waals surface area (Å²) in [4.78, 5) is 2.91. The van der Waals surface area contributed by atoms with Crippen LogP contribution in [0, 0.1) is 0 Å². The molecule has 0 radical (unpaired) electrons. The summed E-state index contributed by atoms with van der Waals surface area (Å²) in [5.41, 5.74) is 1.68. The summed E-state index contributed by atoms with van der Waals surface area (Å²) >= 11 is 0. The van der Waals surface area contributed by atoms with Crippen LogP contribution in [-0.2, 0) is 0 Å². The lowest BCUT2D eigenvalue weighted by Crippen LogP contribution is -2.39. The average Bonchev–Trinajstić information content (AvgIpc) is 3.42. The summed E-state index contributed by atoms with van der Waals surface area (Å²) in [5.74, 6) is 2.58. The van der Waals surface area contributed by atoms with Crippen LogP contribution in [0.5, 0.6) is 0 Å². The third-order valence-corrected chi connectivity index (χ3v) is 18.0. The first-order valence-corrected chi connectivity index (χ1v) is 36.5. The van der Waals surface area contributed by atoms with Crippen LogP contribution in [0.4, 0.5) is 0 Å². The summed E-state index contributed by atoms with van der Waals surface area (Å²) < 4.78 is 0. The van der Waals surface area contributed by atoms with E-state index in [4.69, 9.17) is 0 Å². The Morgan fingerprint density at radius 1 is 0.240 bits per heavy atom. The minimum atomic E-state index is 0.644. The second-order valence-electron chi connectivity index (χ2n) is 25.6. The van der Waals surface area contributed by atoms with E-state index in [1.165, 1.54) is 424 Å². The number of hydrogen-bond donors (Lipinski definition) is 0. The largest absolute Gasteiger partial charge is 0.414 e. The van der Waals surface area contributed by atoms with Gasteiger partial charge in [-0.1, -0.05) is 424 Å². The molecule has 0 aromatic carbocycles. The van der Waals surface area contributed by atoms with Crippen molar-refractivity contribution in [3.8, 4) is 0 Å². The van der Waals surface area contributed by atoms with Gasteiger partial charge in [0.2, 0.25) is 0 Å². The van der Waals surface area contributed by atoms with E-state index in [9.17, 15) is 0 Å². The van der Waals surface area contributed by atoms with E-state index in [0.29, 0.717) is 6.85 Å². The summed E-state index contributed by atoms with van der Waals surface area (Å²) in [7, 11) is 0. The minimum Gasteiger partial charge on any atom is -0.414 e. The quantitative estimate of drug-likeness (QED) is 0.0433. The Labute approximate surface area is 477 Å². The van der Waals surface area contributed by atoms with Gasteiger partial charge in [0.05, 0.1) is 0 Å². The van der Waals surface area contributed by atoms with Crippen molar-refractivity contribution in [2.75, 3.05) is 6.54 Å². The topological polar surface area (TPSA) is 3.24 Å².